The molecule has 0 unspecified atom stereocenters. The van der Waals surface area contributed by atoms with E-state index in [2.05, 4.69) is 4.72 Å². The first-order valence-electron chi connectivity index (χ1n) is 5.83. The van der Waals surface area contributed by atoms with Crippen molar-refractivity contribution in [3.8, 4) is 0 Å². The molecule has 0 aliphatic rings. The molecule has 0 amide bonds. The van der Waals surface area contributed by atoms with Crippen LogP contribution in [0.15, 0.2) is 23.1 Å². The lowest BCUT2D eigenvalue weighted by molar-refractivity contribution is 0.388. The van der Waals surface area contributed by atoms with Crippen molar-refractivity contribution in [1.82, 2.24) is 4.72 Å². The summed E-state index contributed by atoms with van der Waals surface area (Å²) in [7, 11) is -3.57. The predicted molar refractivity (Wildman–Crippen MR) is 75.2 cm³/mol. The molecule has 0 aromatic heterocycles. The fourth-order valence-corrected chi connectivity index (χ4v) is 3.27. The van der Waals surface area contributed by atoms with E-state index in [9.17, 15) is 8.42 Å². The van der Waals surface area contributed by atoms with Gasteiger partial charge < -0.3 is 5.73 Å². The summed E-state index contributed by atoms with van der Waals surface area (Å²) in [4.78, 5) is 0.134. The van der Waals surface area contributed by atoms with Crippen LogP contribution in [0.1, 0.15) is 33.6 Å². The topological polar surface area (TPSA) is 72.2 Å². The molecule has 4 nitrogen and oxygen atoms in total. The lowest BCUT2D eigenvalue weighted by atomic mass is 9.98. The second kappa shape index (κ2) is 5.47. The maximum absolute atomic E-state index is 12.2. The summed E-state index contributed by atoms with van der Waals surface area (Å²) in [6, 6.07) is 4.31. The van der Waals surface area contributed by atoms with Crippen LogP contribution in [0.25, 0.3) is 0 Å². The lowest BCUT2D eigenvalue weighted by Gasteiger charge is -2.27. The van der Waals surface area contributed by atoms with E-state index in [-0.39, 0.29) is 9.92 Å². The first kappa shape index (κ1) is 15.3. The van der Waals surface area contributed by atoms with Gasteiger partial charge in [-0.3, -0.25) is 0 Å². The Labute approximate surface area is 114 Å². The van der Waals surface area contributed by atoms with Crippen LogP contribution in [0.5, 0.6) is 0 Å². The molecule has 18 heavy (non-hydrogen) atoms. The summed E-state index contributed by atoms with van der Waals surface area (Å²) >= 11 is 5.84. The minimum atomic E-state index is -3.57. The number of hydrogen-bond donors (Lipinski definition) is 2. The van der Waals surface area contributed by atoms with Gasteiger partial charge in [-0.2, -0.15) is 0 Å². The Balaban J connectivity index is 3.10. The minimum absolute atomic E-state index is 0.134. The van der Waals surface area contributed by atoms with Crippen molar-refractivity contribution in [1.29, 1.82) is 0 Å². The molecule has 0 saturated carbocycles. The van der Waals surface area contributed by atoms with Crippen LogP contribution in [-0.4, -0.2) is 14.0 Å². The SMILES string of the molecule is CCC(C)(CC)NS(=O)(=O)c1ccc(N)c(Cl)c1. The largest absolute Gasteiger partial charge is 0.398 e. The Hall–Kier alpha value is -0.780. The van der Waals surface area contributed by atoms with Crippen LogP contribution < -0.4 is 10.5 Å². The van der Waals surface area contributed by atoms with Gasteiger partial charge in [-0.15, -0.1) is 0 Å². The molecule has 0 radical (unpaired) electrons. The van der Waals surface area contributed by atoms with E-state index in [1.807, 2.05) is 20.8 Å². The highest BCUT2D eigenvalue weighted by atomic mass is 35.5. The van der Waals surface area contributed by atoms with E-state index in [1.54, 1.807) is 0 Å². The molecule has 0 aliphatic heterocycles. The average Bonchev–Trinajstić information content (AvgIpc) is 2.32. The molecular formula is C12H19ClN2O2S. The number of sulfonamides is 1. The van der Waals surface area contributed by atoms with E-state index >= 15 is 0 Å². The van der Waals surface area contributed by atoms with Crippen molar-refractivity contribution in [2.24, 2.45) is 0 Å². The highest BCUT2D eigenvalue weighted by Crippen LogP contribution is 2.24. The number of halogens is 1. The molecule has 0 aliphatic carbocycles. The third kappa shape index (κ3) is 3.37. The zero-order valence-corrected chi connectivity index (χ0v) is 12.4. The monoisotopic (exact) mass is 290 g/mol. The number of benzene rings is 1. The van der Waals surface area contributed by atoms with Crippen LogP contribution in [0, 0.1) is 0 Å². The number of nitrogen functional groups attached to an aromatic ring is 1. The third-order valence-corrected chi connectivity index (χ3v) is 5.19. The molecule has 0 heterocycles. The Kier molecular flexibility index (Phi) is 4.64. The quantitative estimate of drug-likeness (QED) is 0.819. The summed E-state index contributed by atoms with van der Waals surface area (Å²) in [5, 5.41) is 0.243. The summed E-state index contributed by atoms with van der Waals surface area (Å²) in [6.07, 6.45) is 1.43. The molecule has 1 aromatic rings. The molecule has 0 spiro atoms. The van der Waals surface area contributed by atoms with Gasteiger partial charge in [0.15, 0.2) is 0 Å². The van der Waals surface area contributed by atoms with Crippen molar-refractivity contribution in [3.05, 3.63) is 23.2 Å². The zero-order chi connectivity index (χ0) is 14.0. The smallest absolute Gasteiger partial charge is 0.241 e. The van der Waals surface area contributed by atoms with E-state index in [4.69, 9.17) is 17.3 Å². The highest BCUT2D eigenvalue weighted by molar-refractivity contribution is 7.89. The van der Waals surface area contributed by atoms with Gasteiger partial charge in [0.1, 0.15) is 0 Å². The summed E-state index contributed by atoms with van der Waals surface area (Å²) in [6.45, 7) is 5.77. The molecule has 102 valence electrons. The van der Waals surface area contributed by atoms with Crippen molar-refractivity contribution >= 4 is 27.3 Å². The highest BCUT2D eigenvalue weighted by Gasteiger charge is 2.27. The molecule has 1 rings (SSSR count). The van der Waals surface area contributed by atoms with Gasteiger partial charge in [-0.1, -0.05) is 25.4 Å². The number of nitrogens with two attached hydrogens (primary N) is 1. The van der Waals surface area contributed by atoms with Crippen molar-refractivity contribution < 1.29 is 8.42 Å². The Morgan fingerprint density at radius 3 is 2.33 bits per heavy atom. The third-order valence-electron chi connectivity index (χ3n) is 3.22. The minimum Gasteiger partial charge on any atom is -0.398 e. The second-order valence-electron chi connectivity index (χ2n) is 4.56. The van der Waals surface area contributed by atoms with Crippen LogP contribution in [-0.2, 0) is 10.0 Å². The molecule has 3 N–H and O–H groups in total. The van der Waals surface area contributed by atoms with Crippen LogP contribution >= 0.6 is 11.6 Å². The number of anilines is 1. The zero-order valence-electron chi connectivity index (χ0n) is 10.8. The first-order chi connectivity index (χ1) is 8.24. The van der Waals surface area contributed by atoms with Gasteiger partial charge in [0, 0.05) is 5.54 Å². The van der Waals surface area contributed by atoms with Gasteiger partial charge in [0.05, 0.1) is 15.6 Å². The fraction of sp³-hybridized carbons (Fsp3) is 0.500. The second-order valence-corrected chi connectivity index (χ2v) is 6.65. The van der Waals surface area contributed by atoms with Crippen LogP contribution in [0.4, 0.5) is 5.69 Å². The molecule has 0 atom stereocenters. The maximum Gasteiger partial charge on any atom is 0.241 e. The average molecular weight is 291 g/mol. The molecule has 0 fully saturated rings. The molecule has 1 aromatic carbocycles. The lowest BCUT2D eigenvalue weighted by Crippen LogP contribution is -2.44. The van der Waals surface area contributed by atoms with Crippen molar-refractivity contribution in [2.45, 2.75) is 44.0 Å². The standard InChI is InChI=1S/C12H19ClN2O2S/c1-4-12(3,5-2)15-18(16,17)9-6-7-11(14)10(13)8-9/h6-8,15H,4-5,14H2,1-3H3. The maximum atomic E-state index is 12.2. The summed E-state index contributed by atoms with van der Waals surface area (Å²) in [5.74, 6) is 0. The number of rotatable bonds is 5. The number of hydrogen-bond acceptors (Lipinski definition) is 3. The Morgan fingerprint density at radius 2 is 1.89 bits per heavy atom. The number of nitrogens with one attached hydrogen (secondary N) is 1. The Bertz CT molecular complexity index is 525. The molecule has 0 saturated heterocycles. The van der Waals surface area contributed by atoms with E-state index < -0.39 is 15.6 Å². The van der Waals surface area contributed by atoms with Crippen molar-refractivity contribution in [3.63, 3.8) is 0 Å². The predicted octanol–water partition coefficient (Wildman–Crippen LogP) is 2.78. The van der Waals surface area contributed by atoms with Crippen LogP contribution in [0.2, 0.25) is 5.02 Å². The Morgan fingerprint density at radius 1 is 1.33 bits per heavy atom. The first-order valence-corrected chi connectivity index (χ1v) is 7.69. The molecule has 0 bridgehead atoms. The summed E-state index contributed by atoms with van der Waals surface area (Å²) < 4.78 is 27.1. The summed E-state index contributed by atoms with van der Waals surface area (Å²) in [5.41, 5.74) is 5.48. The van der Waals surface area contributed by atoms with Gasteiger partial charge in [-0.05, 0) is 38.0 Å². The van der Waals surface area contributed by atoms with Gasteiger partial charge in [0.2, 0.25) is 10.0 Å². The van der Waals surface area contributed by atoms with E-state index in [0.717, 1.165) is 0 Å². The molecule has 6 heteroatoms. The van der Waals surface area contributed by atoms with Gasteiger partial charge in [-0.25, -0.2) is 13.1 Å². The van der Waals surface area contributed by atoms with Gasteiger partial charge >= 0.3 is 0 Å². The van der Waals surface area contributed by atoms with Gasteiger partial charge in [0.25, 0.3) is 0 Å². The van der Waals surface area contributed by atoms with E-state index in [0.29, 0.717) is 18.5 Å². The van der Waals surface area contributed by atoms with E-state index in [1.165, 1.54) is 18.2 Å². The fourth-order valence-electron chi connectivity index (χ4n) is 1.45. The van der Waals surface area contributed by atoms with Crippen LogP contribution in [0.3, 0.4) is 0 Å². The normalized spacial score (nSPS) is 12.7. The van der Waals surface area contributed by atoms with Crippen molar-refractivity contribution in [2.75, 3.05) is 5.73 Å². The molecular weight excluding hydrogens is 272 g/mol.